The molecule has 14 heavy (non-hydrogen) atoms. The van der Waals surface area contributed by atoms with Crippen LogP contribution in [0, 0.1) is 0 Å². The molecule has 0 saturated carbocycles. The van der Waals surface area contributed by atoms with Crippen molar-refractivity contribution in [1.29, 1.82) is 0 Å². The minimum atomic E-state index is -3.54. The van der Waals surface area contributed by atoms with Crippen molar-refractivity contribution in [3.8, 4) is 0 Å². The van der Waals surface area contributed by atoms with E-state index in [1.54, 1.807) is 0 Å². The number of carbonyl (C=O) groups excluding carboxylic acids is 1. The molecule has 3 N–H and O–H groups in total. The molecule has 0 fully saturated rings. The molecule has 0 atom stereocenters. The van der Waals surface area contributed by atoms with Crippen LogP contribution in [0.4, 0.5) is 13.2 Å². The van der Waals surface area contributed by atoms with Gasteiger partial charge in [-0.2, -0.15) is 8.78 Å². The zero-order valence-electron chi connectivity index (χ0n) is 7.90. The minimum absolute atomic E-state index is 0.164. The molecule has 0 saturated heterocycles. The first kappa shape index (κ1) is 13.2. The smallest absolute Gasteiger partial charge is 0.300 e. The molecule has 84 valence electrons. The van der Waals surface area contributed by atoms with E-state index in [1.165, 1.54) is 17.4 Å². The molecule has 0 radical (unpaired) electrons. The van der Waals surface area contributed by atoms with Gasteiger partial charge >= 0.3 is 11.8 Å². The van der Waals surface area contributed by atoms with Gasteiger partial charge in [0.1, 0.15) is 0 Å². The quantitative estimate of drug-likeness (QED) is 0.368. The number of alkyl halides is 3. The monoisotopic (exact) mass is 213 g/mol. The number of hydrazine groups is 1. The van der Waals surface area contributed by atoms with Crippen molar-refractivity contribution >= 4 is 5.91 Å². The maximum absolute atomic E-state index is 12.9. The van der Waals surface area contributed by atoms with Gasteiger partial charge in [0, 0.05) is 6.54 Å². The third-order valence-corrected chi connectivity index (χ3v) is 1.61. The van der Waals surface area contributed by atoms with Gasteiger partial charge in [0.15, 0.2) is 0 Å². The highest BCUT2D eigenvalue weighted by Gasteiger charge is 2.39. The molecule has 4 nitrogen and oxygen atoms in total. The van der Waals surface area contributed by atoms with Crippen molar-refractivity contribution in [3.63, 3.8) is 0 Å². The second kappa shape index (κ2) is 5.82. The number of nitrogens with zero attached hydrogens (tertiary/aromatic N) is 1. The van der Waals surface area contributed by atoms with E-state index in [2.05, 4.69) is 5.84 Å². The summed E-state index contributed by atoms with van der Waals surface area (Å²) in [5.74, 6) is -0.503. The Kier molecular flexibility index (Phi) is 5.47. The SMILES string of the molecule is CN(CCCF)CC(F)(F)C(=O)NN. The molecule has 0 aliphatic heterocycles. The Morgan fingerprint density at radius 2 is 2.14 bits per heavy atom. The molecule has 0 aromatic heterocycles. The van der Waals surface area contributed by atoms with Crippen molar-refractivity contribution in [2.75, 3.05) is 26.8 Å². The lowest BCUT2D eigenvalue weighted by Gasteiger charge is -2.21. The van der Waals surface area contributed by atoms with Gasteiger partial charge in [-0.1, -0.05) is 0 Å². The predicted molar refractivity (Wildman–Crippen MR) is 45.4 cm³/mol. The predicted octanol–water partition coefficient (Wildman–Crippen LogP) is -0.0970. The maximum atomic E-state index is 12.9. The molecule has 0 aromatic carbocycles. The summed E-state index contributed by atoms with van der Waals surface area (Å²) in [6.07, 6.45) is 0.164. The first-order valence-electron chi connectivity index (χ1n) is 4.07. The molecule has 0 aliphatic carbocycles. The Morgan fingerprint density at radius 3 is 2.57 bits per heavy atom. The zero-order chi connectivity index (χ0) is 11.2. The molecule has 0 aliphatic rings. The van der Waals surface area contributed by atoms with E-state index in [9.17, 15) is 18.0 Å². The fourth-order valence-corrected chi connectivity index (χ4v) is 0.925. The maximum Gasteiger partial charge on any atom is 0.338 e. The van der Waals surface area contributed by atoms with Crippen molar-refractivity contribution in [1.82, 2.24) is 10.3 Å². The van der Waals surface area contributed by atoms with Crippen LogP contribution < -0.4 is 11.3 Å². The first-order valence-corrected chi connectivity index (χ1v) is 4.07. The van der Waals surface area contributed by atoms with Gasteiger partial charge < -0.3 is 4.90 Å². The third-order valence-electron chi connectivity index (χ3n) is 1.61. The minimum Gasteiger partial charge on any atom is -0.300 e. The molecular formula is C7H14F3N3O. The van der Waals surface area contributed by atoms with Crippen LogP contribution in [0.15, 0.2) is 0 Å². The third kappa shape index (κ3) is 4.43. The summed E-state index contributed by atoms with van der Waals surface area (Å²) >= 11 is 0. The number of hydrogen-bond donors (Lipinski definition) is 2. The second-order valence-electron chi connectivity index (χ2n) is 2.96. The van der Waals surface area contributed by atoms with Gasteiger partial charge in [0.2, 0.25) is 0 Å². The Balaban J connectivity index is 4.01. The summed E-state index contributed by atoms with van der Waals surface area (Å²) in [6, 6.07) is 0. The van der Waals surface area contributed by atoms with Crippen LogP contribution in [0.25, 0.3) is 0 Å². The van der Waals surface area contributed by atoms with Crippen LogP contribution in [0.2, 0.25) is 0 Å². The molecule has 0 bridgehead atoms. The Bertz CT molecular complexity index is 189. The van der Waals surface area contributed by atoms with Crippen LogP contribution >= 0.6 is 0 Å². The summed E-state index contributed by atoms with van der Waals surface area (Å²) < 4.78 is 37.4. The molecule has 0 rings (SSSR count). The highest BCUT2D eigenvalue weighted by molar-refractivity contribution is 5.82. The molecule has 0 heterocycles. The van der Waals surface area contributed by atoms with Crippen LogP contribution in [0.5, 0.6) is 0 Å². The average Bonchev–Trinajstić information content (AvgIpc) is 2.12. The van der Waals surface area contributed by atoms with E-state index in [4.69, 9.17) is 0 Å². The number of amides is 1. The topological polar surface area (TPSA) is 58.4 Å². The molecule has 0 aromatic rings. The molecule has 1 amide bonds. The number of carbonyl (C=O) groups is 1. The number of halogens is 3. The van der Waals surface area contributed by atoms with E-state index in [0.717, 1.165) is 0 Å². The second-order valence-corrected chi connectivity index (χ2v) is 2.96. The van der Waals surface area contributed by atoms with E-state index < -0.39 is 25.0 Å². The fraction of sp³-hybridized carbons (Fsp3) is 0.857. The average molecular weight is 213 g/mol. The van der Waals surface area contributed by atoms with Gasteiger partial charge in [-0.3, -0.25) is 14.6 Å². The fourth-order valence-electron chi connectivity index (χ4n) is 0.925. The summed E-state index contributed by atoms with van der Waals surface area (Å²) in [5.41, 5.74) is 1.38. The van der Waals surface area contributed by atoms with Gasteiger partial charge in [0.05, 0.1) is 13.2 Å². The number of nitrogens with one attached hydrogen (secondary N) is 1. The van der Waals surface area contributed by atoms with Crippen molar-refractivity contribution in [3.05, 3.63) is 0 Å². The van der Waals surface area contributed by atoms with Crippen molar-refractivity contribution in [2.24, 2.45) is 5.84 Å². The number of nitrogens with two attached hydrogens (primary N) is 1. The van der Waals surface area contributed by atoms with Gasteiger partial charge in [-0.05, 0) is 13.5 Å². The summed E-state index contributed by atoms with van der Waals surface area (Å²) in [7, 11) is 1.38. The standard InChI is InChI=1S/C7H14F3N3O/c1-13(4-2-3-8)5-7(9,10)6(14)12-11/h2-5,11H2,1H3,(H,12,14). The van der Waals surface area contributed by atoms with Crippen LogP contribution in [-0.2, 0) is 4.79 Å². The van der Waals surface area contributed by atoms with E-state index in [1.807, 2.05) is 0 Å². The van der Waals surface area contributed by atoms with Gasteiger partial charge in [-0.25, -0.2) is 5.84 Å². The largest absolute Gasteiger partial charge is 0.338 e. The summed E-state index contributed by atoms with van der Waals surface area (Å²) in [4.78, 5) is 11.7. The molecule has 7 heteroatoms. The molecule has 0 spiro atoms. The lowest BCUT2D eigenvalue weighted by Crippen LogP contribution is -2.49. The highest BCUT2D eigenvalue weighted by Crippen LogP contribution is 2.14. The number of hydrogen-bond acceptors (Lipinski definition) is 3. The van der Waals surface area contributed by atoms with Crippen LogP contribution in [0.1, 0.15) is 6.42 Å². The van der Waals surface area contributed by atoms with E-state index >= 15 is 0 Å². The number of rotatable bonds is 6. The van der Waals surface area contributed by atoms with Gasteiger partial charge in [-0.15, -0.1) is 0 Å². The Morgan fingerprint density at radius 1 is 1.57 bits per heavy atom. The summed E-state index contributed by atoms with van der Waals surface area (Å²) in [5, 5.41) is 0. The molecular weight excluding hydrogens is 199 g/mol. The zero-order valence-corrected chi connectivity index (χ0v) is 7.90. The Labute approximate surface area is 80.2 Å². The van der Waals surface area contributed by atoms with E-state index in [0.29, 0.717) is 0 Å². The molecule has 0 unspecified atom stereocenters. The Hall–Kier alpha value is -0.820. The van der Waals surface area contributed by atoms with E-state index in [-0.39, 0.29) is 13.0 Å². The highest BCUT2D eigenvalue weighted by atomic mass is 19.3. The lowest BCUT2D eigenvalue weighted by atomic mass is 10.3. The van der Waals surface area contributed by atoms with Crippen LogP contribution in [0.3, 0.4) is 0 Å². The summed E-state index contributed by atoms with van der Waals surface area (Å²) in [6.45, 7) is -1.17. The van der Waals surface area contributed by atoms with Crippen molar-refractivity contribution < 1.29 is 18.0 Å². The van der Waals surface area contributed by atoms with Gasteiger partial charge in [0.25, 0.3) is 0 Å². The van der Waals surface area contributed by atoms with Crippen molar-refractivity contribution in [2.45, 2.75) is 12.3 Å². The first-order chi connectivity index (χ1) is 6.44. The lowest BCUT2D eigenvalue weighted by molar-refractivity contribution is -0.147. The normalized spacial score (nSPS) is 11.9. The van der Waals surface area contributed by atoms with Crippen LogP contribution in [-0.4, -0.2) is 43.5 Å².